The number of sulfonamides is 1. The van der Waals surface area contributed by atoms with Crippen molar-refractivity contribution in [3.05, 3.63) is 41.9 Å². The lowest BCUT2D eigenvalue weighted by Crippen LogP contribution is -2.55. The molecule has 0 radical (unpaired) electrons. The molecule has 37 heavy (non-hydrogen) atoms. The minimum atomic E-state index is -5.08. The number of imidazole rings is 1. The second-order valence-corrected chi connectivity index (χ2v) is 11.2. The number of anilines is 1. The Labute approximate surface area is 210 Å². The molecule has 3 aliphatic carbocycles. The number of carboxylic acid groups (broad SMARTS) is 1. The number of nitrogens with two attached hydrogens (primary N) is 1. The van der Waals surface area contributed by atoms with Crippen molar-refractivity contribution in [3.8, 4) is 17.3 Å². The highest BCUT2D eigenvalue weighted by molar-refractivity contribution is 7.89. The Morgan fingerprint density at radius 2 is 1.92 bits per heavy atom. The van der Waals surface area contributed by atoms with Crippen LogP contribution in [-0.4, -0.2) is 45.6 Å². The number of aromatic nitrogens is 3. The van der Waals surface area contributed by atoms with E-state index in [9.17, 15) is 26.9 Å². The smallest absolute Gasteiger partial charge is 0.475 e. The van der Waals surface area contributed by atoms with Gasteiger partial charge in [0.25, 0.3) is 0 Å². The van der Waals surface area contributed by atoms with Gasteiger partial charge in [0, 0.05) is 17.3 Å². The molecule has 0 spiro atoms. The predicted molar refractivity (Wildman–Crippen MR) is 126 cm³/mol. The first kappa shape index (κ1) is 26.4. The number of carbonyl (C=O) groups is 1. The molecule has 1 aromatic carbocycles. The summed E-state index contributed by atoms with van der Waals surface area (Å²) in [5, 5.41) is 16.5. The van der Waals surface area contributed by atoms with Gasteiger partial charge in [0.2, 0.25) is 10.0 Å². The predicted octanol–water partition coefficient (Wildman–Crippen LogP) is 3.34. The maximum atomic E-state index is 13.2. The number of halogens is 3. The van der Waals surface area contributed by atoms with Gasteiger partial charge in [0.1, 0.15) is 0 Å². The maximum absolute atomic E-state index is 13.2. The number of aliphatic carboxylic acids is 1. The lowest BCUT2D eigenvalue weighted by Gasteiger charge is -2.43. The van der Waals surface area contributed by atoms with Crippen LogP contribution in [0.25, 0.3) is 16.9 Å². The molecule has 0 atom stereocenters. The third-order valence-electron chi connectivity index (χ3n) is 6.70. The molecule has 3 saturated carbocycles. The molecule has 2 bridgehead atoms. The van der Waals surface area contributed by atoms with E-state index in [2.05, 4.69) is 20.8 Å². The second kappa shape index (κ2) is 8.70. The van der Waals surface area contributed by atoms with E-state index in [0.717, 1.165) is 28.9 Å². The molecule has 14 heteroatoms. The van der Waals surface area contributed by atoms with Gasteiger partial charge in [-0.3, -0.25) is 4.40 Å². The molecule has 3 aliphatic rings. The lowest BCUT2D eigenvalue weighted by atomic mass is 9.66. The van der Waals surface area contributed by atoms with Crippen LogP contribution in [0.3, 0.4) is 0 Å². The summed E-state index contributed by atoms with van der Waals surface area (Å²) < 4.78 is 62.8. The summed E-state index contributed by atoms with van der Waals surface area (Å²) >= 11 is 0. The zero-order chi connectivity index (χ0) is 27.4. The zero-order valence-electron chi connectivity index (χ0n) is 19.8. The van der Waals surface area contributed by atoms with Crippen molar-refractivity contribution in [2.24, 2.45) is 5.41 Å². The Balaban J connectivity index is 0.000000405. The van der Waals surface area contributed by atoms with Gasteiger partial charge >= 0.3 is 12.1 Å². The third-order valence-corrected chi connectivity index (χ3v) is 8.28. The van der Waals surface area contributed by atoms with E-state index >= 15 is 0 Å². The fraction of sp³-hybridized carbons (Fsp3) is 0.391. The summed E-state index contributed by atoms with van der Waals surface area (Å²) in [5.41, 5.74) is 8.89. The van der Waals surface area contributed by atoms with Gasteiger partial charge < -0.3 is 10.8 Å². The SMILES string of the molecule is Cc1cn2c(-c3cc(S(=O)(=O)NC45CCC(C#N)(C4)C5)ccc3C)cnc2c(N)n1.O=C(O)C(F)(F)F. The molecule has 0 amide bonds. The fourth-order valence-electron chi connectivity index (χ4n) is 5.06. The Kier molecular flexibility index (Phi) is 6.20. The number of nitrogen functional groups attached to an aromatic ring is 1. The van der Waals surface area contributed by atoms with Crippen molar-refractivity contribution < 1.29 is 31.5 Å². The molecule has 3 fully saturated rings. The number of nitriles is 1. The summed E-state index contributed by atoms with van der Waals surface area (Å²) in [7, 11) is -3.73. The number of benzene rings is 1. The maximum Gasteiger partial charge on any atom is 0.490 e. The van der Waals surface area contributed by atoms with Crippen LogP contribution in [0.15, 0.2) is 35.5 Å². The fourth-order valence-corrected chi connectivity index (χ4v) is 6.51. The van der Waals surface area contributed by atoms with Crippen molar-refractivity contribution >= 4 is 27.5 Å². The van der Waals surface area contributed by atoms with Crippen LogP contribution >= 0.6 is 0 Å². The number of nitrogens with one attached hydrogen (secondary N) is 1. The van der Waals surface area contributed by atoms with Crippen molar-refractivity contribution in [2.75, 3.05) is 5.73 Å². The molecular formula is C23H23F3N6O4S. The molecule has 0 saturated heterocycles. The molecule has 6 rings (SSSR count). The number of alkyl halides is 3. The number of aryl methyl sites for hydroxylation is 2. The Morgan fingerprint density at radius 1 is 1.27 bits per heavy atom. The van der Waals surface area contributed by atoms with E-state index in [4.69, 9.17) is 15.6 Å². The molecule has 4 N–H and O–H groups in total. The first-order valence-electron chi connectivity index (χ1n) is 11.1. The summed E-state index contributed by atoms with van der Waals surface area (Å²) in [5.74, 6) is -2.43. The summed E-state index contributed by atoms with van der Waals surface area (Å²) in [4.78, 5) is 17.7. The number of nitrogens with zero attached hydrogens (tertiary/aromatic N) is 4. The summed E-state index contributed by atoms with van der Waals surface area (Å²) in [6.45, 7) is 3.77. The Morgan fingerprint density at radius 3 is 2.49 bits per heavy atom. The monoisotopic (exact) mass is 536 g/mol. The molecule has 0 aliphatic heterocycles. The summed E-state index contributed by atoms with van der Waals surface area (Å²) in [6, 6.07) is 7.45. The molecule has 10 nitrogen and oxygen atoms in total. The highest BCUT2D eigenvalue weighted by atomic mass is 32.2. The van der Waals surface area contributed by atoms with E-state index in [0.29, 0.717) is 30.7 Å². The molecule has 2 aromatic heterocycles. The highest BCUT2D eigenvalue weighted by Crippen LogP contribution is 2.61. The van der Waals surface area contributed by atoms with E-state index in [-0.39, 0.29) is 10.3 Å². The number of fused-ring (bicyclic) bond motifs is 2. The average Bonchev–Trinajstić information content (AvgIpc) is 3.45. The normalized spacial score (nSPS) is 22.6. The number of hydrogen-bond acceptors (Lipinski definition) is 7. The van der Waals surface area contributed by atoms with Gasteiger partial charge in [0.05, 0.1) is 34.0 Å². The quantitative estimate of drug-likeness (QED) is 0.457. The van der Waals surface area contributed by atoms with Crippen LogP contribution in [0.2, 0.25) is 0 Å². The number of carboxylic acids is 1. The second-order valence-electron chi connectivity index (χ2n) is 9.52. The third kappa shape index (κ3) is 4.84. The van der Waals surface area contributed by atoms with Crippen molar-refractivity contribution in [3.63, 3.8) is 0 Å². The molecule has 0 unspecified atom stereocenters. The van der Waals surface area contributed by atoms with Crippen molar-refractivity contribution in [2.45, 2.75) is 56.1 Å². The Bertz CT molecular complexity index is 1550. The number of rotatable bonds is 4. The molecular weight excluding hydrogens is 513 g/mol. The van der Waals surface area contributed by atoms with Crippen LogP contribution in [0.1, 0.15) is 36.9 Å². The average molecular weight is 537 g/mol. The van der Waals surface area contributed by atoms with Crippen LogP contribution in [-0.2, 0) is 14.8 Å². The molecule has 196 valence electrons. The van der Waals surface area contributed by atoms with E-state index in [1.54, 1.807) is 24.4 Å². The first-order chi connectivity index (χ1) is 17.1. The minimum absolute atomic E-state index is 0.201. The van der Waals surface area contributed by atoms with Gasteiger partial charge in [-0.1, -0.05) is 6.07 Å². The topological polar surface area (TPSA) is 163 Å². The lowest BCUT2D eigenvalue weighted by molar-refractivity contribution is -0.192. The van der Waals surface area contributed by atoms with Crippen LogP contribution in [0.5, 0.6) is 0 Å². The van der Waals surface area contributed by atoms with E-state index in [1.165, 1.54) is 0 Å². The summed E-state index contributed by atoms with van der Waals surface area (Å²) in [6.07, 6.45) is 1.07. The van der Waals surface area contributed by atoms with Crippen molar-refractivity contribution in [1.82, 2.24) is 19.1 Å². The highest BCUT2D eigenvalue weighted by Gasteiger charge is 2.62. The minimum Gasteiger partial charge on any atom is -0.475 e. The van der Waals surface area contributed by atoms with Crippen LogP contribution in [0.4, 0.5) is 19.0 Å². The van der Waals surface area contributed by atoms with Gasteiger partial charge in [-0.15, -0.1) is 0 Å². The van der Waals surface area contributed by atoms with E-state index in [1.807, 2.05) is 24.4 Å². The Hall–Kier alpha value is -3.70. The number of hydrogen-bond donors (Lipinski definition) is 3. The van der Waals surface area contributed by atoms with Gasteiger partial charge in [-0.25, -0.2) is 27.9 Å². The van der Waals surface area contributed by atoms with E-state index < -0.39 is 27.7 Å². The molecule has 2 heterocycles. The first-order valence-corrected chi connectivity index (χ1v) is 12.6. The largest absolute Gasteiger partial charge is 0.490 e. The van der Waals surface area contributed by atoms with Crippen LogP contribution < -0.4 is 10.5 Å². The molecule has 3 aromatic rings. The van der Waals surface area contributed by atoms with Gasteiger partial charge in [-0.2, -0.15) is 18.4 Å². The van der Waals surface area contributed by atoms with Gasteiger partial charge in [0.15, 0.2) is 11.5 Å². The standard InChI is InChI=1S/C21H22N6O2S.C2HF3O2/c1-13-3-4-15(30(28,29)26-21-6-5-20(10-21,11-21)12-22)7-16(13)17-8-24-19-18(23)25-14(2)9-27(17)19;3-2(4,5)1(6)7/h3-4,7-9,26H,5-6,10-11H2,1-2H3,(H2,23,25);(H,6,7). The zero-order valence-corrected chi connectivity index (χ0v) is 20.6. The van der Waals surface area contributed by atoms with Crippen molar-refractivity contribution in [1.29, 1.82) is 5.26 Å². The van der Waals surface area contributed by atoms with Gasteiger partial charge in [-0.05, 0) is 57.2 Å². The van der Waals surface area contributed by atoms with Crippen LogP contribution in [0, 0.1) is 30.6 Å².